The molecule has 0 aromatic heterocycles. The van der Waals surface area contributed by atoms with Gasteiger partial charge in [-0.1, -0.05) is 33.8 Å². The zero-order valence-electron chi connectivity index (χ0n) is 13.6. The van der Waals surface area contributed by atoms with E-state index in [1.54, 1.807) is 13.0 Å². The Balaban J connectivity index is 2.09. The van der Waals surface area contributed by atoms with Crippen LogP contribution < -0.4 is 11.1 Å². The normalized spacial score (nSPS) is 19.1. The first kappa shape index (κ1) is 15.7. The van der Waals surface area contributed by atoms with E-state index in [4.69, 9.17) is 10.5 Å². The van der Waals surface area contributed by atoms with E-state index in [0.717, 1.165) is 12.2 Å². The summed E-state index contributed by atoms with van der Waals surface area (Å²) in [4.78, 5) is 11.8. The van der Waals surface area contributed by atoms with Crippen LogP contribution in [0.5, 0.6) is 0 Å². The first-order chi connectivity index (χ1) is 9.73. The fraction of sp³-hybridized carbons (Fsp3) is 0.588. The van der Waals surface area contributed by atoms with Crippen LogP contribution in [-0.2, 0) is 4.74 Å². The highest BCUT2D eigenvalue weighted by Gasteiger charge is 2.64. The van der Waals surface area contributed by atoms with Crippen molar-refractivity contribution in [3.05, 3.63) is 23.8 Å². The number of nitrogens with two attached hydrogens (primary N) is 1. The van der Waals surface area contributed by atoms with Crippen molar-refractivity contribution in [1.29, 1.82) is 0 Å². The molecule has 1 aromatic rings. The average molecular weight is 290 g/mol. The molecule has 0 spiro atoms. The van der Waals surface area contributed by atoms with Gasteiger partial charge in [0, 0.05) is 6.54 Å². The number of hydrogen-bond donors (Lipinski definition) is 2. The van der Waals surface area contributed by atoms with E-state index in [0.29, 0.717) is 34.6 Å². The molecule has 0 aliphatic heterocycles. The summed E-state index contributed by atoms with van der Waals surface area (Å²) in [7, 11) is 0. The maximum absolute atomic E-state index is 11.8. The number of benzene rings is 1. The number of rotatable bonds is 5. The number of hydrogen-bond acceptors (Lipinski definition) is 4. The van der Waals surface area contributed by atoms with Gasteiger partial charge in [0.2, 0.25) is 0 Å². The summed E-state index contributed by atoms with van der Waals surface area (Å²) < 4.78 is 5.02. The van der Waals surface area contributed by atoms with Crippen molar-refractivity contribution in [3.8, 4) is 0 Å². The quantitative estimate of drug-likeness (QED) is 0.643. The molecule has 0 bridgehead atoms. The van der Waals surface area contributed by atoms with Crippen molar-refractivity contribution in [2.24, 2.45) is 16.7 Å². The summed E-state index contributed by atoms with van der Waals surface area (Å²) in [5.74, 6) is 0.224. The van der Waals surface area contributed by atoms with Crippen molar-refractivity contribution >= 4 is 17.3 Å². The van der Waals surface area contributed by atoms with Crippen LogP contribution in [0.2, 0.25) is 0 Å². The third-order valence-electron chi connectivity index (χ3n) is 5.42. The van der Waals surface area contributed by atoms with Crippen molar-refractivity contribution in [3.63, 3.8) is 0 Å². The molecule has 21 heavy (non-hydrogen) atoms. The van der Waals surface area contributed by atoms with Gasteiger partial charge in [-0.3, -0.25) is 0 Å². The lowest BCUT2D eigenvalue weighted by Gasteiger charge is -2.13. The van der Waals surface area contributed by atoms with Crippen LogP contribution in [0.4, 0.5) is 11.4 Å². The van der Waals surface area contributed by atoms with Gasteiger partial charge in [-0.05, 0) is 35.8 Å². The Labute approximate surface area is 127 Å². The summed E-state index contributed by atoms with van der Waals surface area (Å²) in [6, 6.07) is 5.43. The Bertz CT molecular complexity index is 536. The molecule has 0 unspecified atom stereocenters. The Hall–Kier alpha value is -1.71. The Morgan fingerprint density at radius 2 is 1.90 bits per heavy atom. The second-order valence-corrected chi connectivity index (χ2v) is 6.86. The maximum Gasteiger partial charge on any atom is 0.340 e. The lowest BCUT2D eigenvalue weighted by Crippen LogP contribution is -2.13. The lowest BCUT2D eigenvalue weighted by atomic mass is 10.0. The van der Waals surface area contributed by atoms with Gasteiger partial charge in [0.15, 0.2) is 0 Å². The fourth-order valence-corrected chi connectivity index (χ4v) is 3.16. The second-order valence-electron chi connectivity index (χ2n) is 6.86. The van der Waals surface area contributed by atoms with Crippen LogP contribution in [0.3, 0.4) is 0 Å². The third kappa shape index (κ3) is 2.59. The van der Waals surface area contributed by atoms with E-state index in [-0.39, 0.29) is 5.97 Å². The zero-order chi connectivity index (χ0) is 15.8. The van der Waals surface area contributed by atoms with Crippen molar-refractivity contribution in [2.45, 2.75) is 34.6 Å². The predicted octanol–water partition coefficient (Wildman–Crippen LogP) is 3.54. The molecule has 4 nitrogen and oxygen atoms in total. The molecule has 0 heterocycles. The first-order valence-corrected chi connectivity index (χ1v) is 7.53. The van der Waals surface area contributed by atoms with E-state index >= 15 is 0 Å². The standard InChI is InChI=1S/C17H26N2O2/c1-6-21-15(20)11-8-7-9-12(14(11)18)19-10-13-16(2,3)17(13,4)5/h7-9,13,19H,6,10,18H2,1-5H3. The molecule has 2 rings (SSSR count). The van der Waals surface area contributed by atoms with Crippen LogP contribution in [0.25, 0.3) is 0 Å². The van der Waals surface area contributed by atoms with E-state index in [1.165, 1.54) is 0 Å². The third-order valence-corrected chi connectivity index (χ3v) is 5.42. The minimum absolute atomic E-state index is 0.327. The minimum Gasteiger partial charge on any atom is -0.462 e. The molecule has 1 aromatic carbocycles. The summed E-state index contributed by atoms with van der Waals surface area (Å²) in [5, 5.41) is 3.39. The first-order valence-electron chi connectivity index (χ1n) is 7.53. The number of anilines is 2. The zero-order valence-corrected chi connectivity index (χ0v) is 13.6. The van der Waals surface area contributed by atoms with Crippen LogP contribution in [0.15, 0.2) is 18.2 Å². The summed E-state index contributed by atoms with van der Waals surface area (Å²) in [6.45, 7) is 12.1. The molecule has 3 N–H and O–H groups in total. The van der Waals surface area contributed by atoms with Crippen LogP contribution in [0, 0.1) is 16.7 Å². The van der Waals surface area contributed by atoms with Gasteiger partial charge < -0.3 is 15.8 Å². The summed E-state index contributed by atoms with van der Waals surface area (Å²) in [6.07, 6.45) is 0. The number of ether oxygens (including phenoxy) is 1. The van der Waals surface area contributed by atoms with Crippen LogP contribution in [0.1, 0.15) is 45.0 Å². The second kappa shape index (κ2) is 5.24. The summed E-state index contributed by atoms with van der Waals surface area (Å²) >= 11 is 0. The van der Waals surface area contributed by atoms with Gasteiger partial charge in [0.25, 0.3) is 0 Å². The molecule has 4 heteroatoms. The van der Waals surface area contributed by atoms with Gasteiger partial charge in [-0.15, -0.1) is 0 Å². The van der Waals surface area contributed by atoms with E-state index in [1.807, 2.05) is 12.1 Å². The predicted molar refractivity (Wildman–Crippen MR) is 86.4 cm³/mol. The van der Waals surface area contributed by atoms with E-state index in [9.17, 15) is 4.79 Å². The molecular formula is C17H26N2O2. The highest BCUT2D eigenvalue weighted by Crippen LogP contribution is 2.68. The van der Waals surface area contributed by atoms with Gasteiger partial charge in [0.05, 0.1) is 23.5 Å². The van der Waals surface area contributed by atoms with Gasteiger partial charge in [-0.25, -0.2) is 4.79 Å². The number of carbonyl (C=O) groups is 1. The smallest absolute Gasteiger partial charge is 0.340 e. The Morgan fingerprint density at radius 3 is 2.43 bits per heavy atom. The Morgan fingerprint density at radius 1 is 1.29 bits per heavy atom. The fourth-order valence-electron chi connectivity index (χ4n) is 3.16. The largest absolute Gasteiger partial charge is 0.462 e. The number of esters is 1. The molecular weight excluding hydrogens is 264 g/mol. The van der Waals surface area contributed by atoms with Gasteiger partial charge in [-0.2, -0.15) is 0 Å². The van der Waals surface area contributed by atoms with Crippen molar-refractivity contribution in [2.75, 3.05) is 24.2 Å². The number of nitrogen functional groups attached to an aromatic ring is 1. The Kier molecular flexibility index (Phi) is 3.91. The molecule has 116 valence electrons. The molecule has 1 aliphatic rings. The van der Waals surface area contributed by atoms with Crippen LogP contribution in [-0.4, -0.2) is 19.1 Å². The van der Waals surface area contributed by atoms with Gasteiger partial charge in [0.1, 0.15) is 0 Å². The van der Waals surface area contributed by atoms with E-state index in [2.05, 4.69) is 33.0 Å². The number of nitrogens with one attached hydrogen (secondary N) is 1. The topological polar surface area (TPSA) is 64.3 Å². The van der Waals surface area contributed by atoms with Gasteiger partial charge >= 0.3 is 5.97 Å². The molecule has 0 radical (unpaired) electrons. The monoisotopic (exact) mass is 290 g/mol. The number of para-hydroxylation sites is 1. The summed E-state index contributed by atoms with van der Waals surface area (Å²) in [5.41, 5.74) is 8.44. The SMILES string of the molecule is CCOC(=O)c1cccc(NCC2C(C)(C)C2(C)C)c1N. The molecule has 1 saturated carbocycles. The van der Waals surface area contributed by atoms with Crippen molar-refractivity contribution < 1.29 is 9.53 Å². The maximum atomic E-state index is 11.8. The lowest BCUT2D eigenvalue weighted by molar-refractivity contribution is 0.0527. The highest BCUT2D eigenvalue weighted by molar-refractivity contribution is 5.98. The molecule has 1 aliphatic carbocycles. The molecule has 0 amide bonds. The van der Waals surface area contributed by atoms with Crippen molar-refractivity contribution in [1.82, 2.24) is 0 Å². The van der Waals surface area contributed by atoms with E-state index < -0.39 is 0 Å². The molecule has 0 saturated heterocycles. The minimum atomic E-state index is -0.370. The molecule has 1 fully saturated rings. The number of carbonyl (C=O) groups excluding carboxylic acids is 1. The molecule has 0 atom stereocenters. The van der Waals surface area contributed by atoms with Crippen LogP contribution >= 0.6 is 0 Å². The highest BCUT2D eigenvalue weighted by atomic mass is 16.5. The average Bonchev–Trinajstić information content (AvgIpc) is 2.79.